The fourth-order valence-electron chi connectivity index (χ4n) is 4.15. The van der Waals surface area contributed by atoms with Crippen LogP contribution in [0.2, 0.25) is 0 Å². The normalized spacial score (nSPS) is 24.9. The molecule has 0 fully saturated rings. The van der Waals surface area contributed by atoms with Crippen molar-refractivity contribution in [1.29, 1.82) is 0 Å². The first-order valence-corrected chi connectivity index (χ1v) is 7.47. The number of fused-ring (bicyclic) bond motifs is 5. The summed E-state index contributed by atoms with van der Waals surface area (Å²) in [6.07, 6.45) is 4.75. The van der Waals surface area contributed by atoms with Crippen molar-refractivity contribution in [3.8, 4) is 0 Å². The average molecular weight is 260 g/mol. The zero-order valence-electron chi connectivity index (χ0n) is 12.4. The van der Waals surface area contributed by atoms with Crippen LogP contribution in [0.5, 0.6) is 0 Å². The van der Waals surface area contributed by atoms with Crippen molar-refractivity contribution in [3.05, 3.63) is 76.4 Å². The molecule has 0 amide bonds. The maximum Gasteiger partial charge on any atom is 0.0169 e. The van der Waals surface area contributed by atoms with E-state index in [2.05, 4.69) is 75.4 Å². The average Bonchev–Trinajstić information content (AvgIpc) is 2.68. The SMILES string of the molecule is Cc1ccc2c(c1)C(C)(C)C1C=Cc3ccccc3C21. The molecule has 0 spiro atoms. The van der Waals surface area contributed by atoms with Crippen LogP contribution in [-0.2, 0) is 5.41 Å². The van der Waals surface area contributed by atoms with Crippen molar-refractivity contribution in [3.63, 3.8) is 0 Å². The monoisotopic (exact) mass is 260 g/mol. The highest BCUT2D eigenvalue weighted by molar-refractivity contribution is 5.65. The Bertz CT molecular complexity index is 719. The lowest BCUT2D eigenvalue weighted by Gasteiger charge is -2.32. The minimum atomic E-state index is 0.218. The molecule has 0 bridgehead atoms. The van der Waals surface area contributed by atoms with Crippen molar-refractivity contribution >= 4 is 6.08 Å². The molecule has 2 aromatic carbocycles. The lowest BCUT2D eigenvalue weighted by Crippen LogP contribution is -2.26. The van der Waals surface area contributed by atoms with Crippen molar-refractivity contribution in [2.45, 2.75) is 32.1 Å². The number of allylic oxidation sites excluding steroid dienone is 1. The van der Waals surface area contributed by atoms with Crippen LogP contribution < -0.4 is 0 Å². The Balaban J connectivity index is 2.01. The van der Waals surface area contributed by atoms with Gasteiger partial charge in [-0.05, 0) is 40.5 Å². The van der Waals surface area contributed by atoms with E-state index in [1.165, 1.54) is 27.8 Å². The summed E-state index contributed by atoms with van der Waals surface area (Å²) in [7, 11) is 0. The highest BCUT2D eigenvalue weighted by Crippen LogP contribution is 2.56. The Morgan fingerprint density at radius 1 is 0.950 bits per heavy atom. The van der Waals surface area contributed by atoms with Crippen LogP contribution in [0.3, 0.4) is 0 Å². The molecular weight excluding hydrogens is 240 g/mol. The van der Waals surface area contributed by atoms with Crippen LogP contribution in [-0.4, -0.2) is 0 Å². The highest BCUT2D eigenvalue weighted by atomic mass is 14.5. The molecule has 0 saturated heterocycles. The maximum atomic E-state index is 2.43. The van der Waals surface area contributed by atoms with Gasteiger partial charge < -0.3 is 0 Å². The van der Waals surface area contributed by atoms with Gasteiger partial charge >= 0.3 is 0 Å². The highest BCUT2D eigenvalue weighted by Gasteiger charge is 2.46. The van der Waals surface area contributed by atoms with E-state index in [4.69, 9.17) is 0 Å². The molecule has 0 N–H and O–H groups in total. The first-order valence-electron chi connectivity index (χ1n) is 7.47. The predicted molar refractivity (Wildman–Crippen MR) is 85.0 cm³/mol. The number of benzene rings is 2. The second-order valence-corrected chi connectivity index (χ2v) is 6.80. The number of rotatable bonds is 0. The molecule has 0 aromatic heterocycles. The number of aryl methyl sites for hydroxylation is 1. The van der Waals surface area contributed by atoms with Gasteiger partial charge in [-0.3, -0.25) is 0 Å². The van der Waals surface area contributed by atoms with Crippen molar-refractivity contribution < 1.29 is 0 Å². The minimum Gasteiger partial charge on any atom is -0.0790 e. The molecular formula is C20H20. The Morgan fingerprint density at radius 2 is 1.75 bits per heavy atom. The minimum absolute atomic E-state index is 0.218. The van der Waals surface area contributed by atoms with Crippen LogP contribution >= 0.6 is 0 Å². The van der Waals surface area contributed by atoms with E-state index in [0.717, 1.165) is 0 Å². The standard InChI is InChI=1S/C20H20/c1-13-8-10-16-18(12-13)20(2,3)17-11-9-14-6-4-5-7-15(14)19(16)17/h4-12,17,19H,1-3H3. The Morgan fingerprint density at radius 3 is 2.60 bits per heavy atom. The molecule has 0 saturated carbocycles. The van der Waals surface area contributed by atoms with E-state index in [0.29, 0.717) is 11.8 Å². The number of hydrogen-bond acceptors (Lipinski definition) is 0. The smallest absolute Gasteiger partial charge is 0.0169 e. The quantitative estimate of drug-likeness (QED) is 0.621. The Kier molecular flexibility index (Phi) is 2.30. The fourth-order valence-corrected chi connectivity index (χ4v) is 4.15. The lowest BCUT2D eigenvalue weighted by atomic mass is 9.71. The van der Waals surface area contributed by atoms with E-state index in [1.54, 1.807) is 0 Å². The van der Waals surface area contributed by atoms with Crippen LogP contribution in [0.15, 0.2) is 48.5 Å². The summed E-state index contributed by atoms with van der Waals surface area (Å²) < 4.78 is 0. The molecule has 2 aromatic rings. The van der Waals surface area contributed by atoms with Crippen molar-refractivity contribution in [2.75, 3.05) is 0 Å². The number of hydrogen-bond donors (Lipinski definition) is 0. The molecule has 4 rings (SSSR count). The molecule has 0 nitrogen and oxygen atoms in total. The van der Waals surface area contributed by atoms with Gasteiger partial charge in [0, 0.05) is 5.92 Å². The van der Waals surface area contributed by atoms with Gasteiger partial charge in [-0.15, -0.1) is 0 Å². The second kappa shape index (κ2) is 3.85. The fraction of sp³-hybridized carbons (Fsp3) is 0.300. The Labute approximate surface area is 121 Å². The zero-order chi connectivity index (χ0) is 13.9. The van der Waals surface area contributed by atoms with E-state index in [-0.39, 0.29) is 5.41 Å². The van der Waals surface area contributed by atoms with Crippen LogP contribution in [0, 0.1) is 12.8 Å². The van der Waals surface area contributed by atoms with Gasteiger partial charge in [0.2, 0.25) is 0 Å². The van der Waals surface area contributed by atoms with Gasteiger partial charge in [0.15, 0.2) is 0 Å². The van der Waals surface area contributed by atoms with Crippen LogP contribution in [0.1, 0.15) is 47.6 Å². The van der Waals surface area contributed by atoms with Gasteiger partial charge in [-0.25, -0.2) is 0 Å². The molecule has 2 aliphatic rings. The summed E-state index contributed by atoms with van der Waals surface area (Å²) in [5.74, 6) is 1.11. The third kappa shape index (κ3) is 1.42. The maximum absolute atomic E-state index is 2.43. The Hall–Kier alpha value is -1.82. The van der Waals surface area contributed by atoms with Gasteiger partial charge in [0.05, 0.1) is 0 Å². The van der Waals surface area contributed by atoms with Gasteiger partial charge in [-0.2, -0.15) is 0 Å². The third-order valence-electron chi connectivity index (χ3n) is 5.24. The first-order chi connectivity index (χ1) is 9.59. The summed E-state index contributed by atoms with van der Waals surface area (Å²) in [5.41, 5.74) is 7.54. The molecule has 0 heteroatoms. The van der Waals surface area contributed by atoms with Gasteiger partial charge in [-0.1, -0.05) is 74.0 Å². The largest absolute Gasteiger partial charge is 0.0790 e. The molecule has 20 heavy (non-hydrogen) atoms. The van der Waals surface area contributed by atoms with E-state index in [9.17, 15) is 0 Å². The molecule has 2 aliphatic carbocycles. The molecule has 0 aliphatic heterocycles. The van der Waals surface area contributed by atoms with Gasteiger partial charge in [0.1, 0.15) is 0 Å². The predicted octanol–water partition coefficient (Wildman–Crippen LogP) is 5.06. The topological polar surface area (TPSA) is 0 Å². The molecule has 0 radical (unpaired) electrons. The van der Waals surface area contributed by atoms with Gasteiger partial charge in [0.25, 0.3) is 0 Å². The third-order valence-corrected chi connectivity index (χ3v) is 5.24. The zero-order valence-corrected chi connectivity index (χ0v) is 12.4. The van der Waals surface area contributed by atoms with Crippen LogP contribution in [0.4, 0.5) is 0 Å². The van der Waals surface area contributed by atoms with Crippen molar-refractivity contribution in [2.24, 2.45) is 5.92 Å². The van der Waals surface area contributed by atoms with Crippen molar-refractivity contribution in [1.82, 2.24) is 0 Å². The van der Waals surface area contributed by atoms with E-state index >= 15 is 0 Å². The lowest BCUT2D eigenvalue weighted by molar-refractivity contribution is 0.390. The summed E-state index contributed by atoms with van der Waals surface area (Å²) in [6, 6.07) is 15.9. The molecule has 100 valence electrons. The molecule has 2 unspecified atom stereocenters. The molecule has 0 heterocycles. The summed E-state index contributed by atoms with van der Waals surface area (Å²) in [6.45, 7) is 6.99. The second-order valence-electron chi connectivity index (χ2n) is 6.80. The van der Waals surface area contributed by atoms with E-state index in [1.807, 2.05) is 0 Å². The summed E-state index contributed by atoms with van der Waals surface area (Å²) in [5, 5.41) is 0. The van der Waals surface area contributed by atoms with Crippen LogP contribution in [0.25, 0.3) is 6.08 Å². The van der Waals surface area contributed by atoms with E-state index < -0.39 is 0 Å². The molecule has 2 atom stereocenters. The summed E-state index contributed by atoms with van der Waals surface area (Å²) >= 11 is 0. The summed E-state index contributed by atoms with van der Waals surface area (Å²) in [4.78, 5) is 0. The first kappa shape index (κ1) is 12.0.